The molecule has 1 heterocycles. The van der Waals surface area contributed by atoms with Crippen molar-refractivity contribution in [1.82, 2.24) is 0 Å². The van der Waals surface area contributed by atoms with E-state index in [0.29, 0.717) is 17.9 Å². The maximum absolute atomic E-state index is 9.27. The summed E-state index contributed by atoms with van der Waals surface area (Å²) in [6.07, 6.45) is 1.76. The summed E-state index contributed by atoms with van der Waals surface area (Å²) in [5, 5.41) is 9.27. The van der Waals surface area contributed by atoms with Crippen molar-refractivity contribution in [1.29, 1.82) is 5.26 Å². The van der Waals surface area contributed by atoms with Gasteiger partial charge in [-0.15, -0.1) is 0 Å². The third kappa shape index (κ3) is 4.61. The number of epoxide rings is 1. The molecule has 0 spiro atoms. The van der Waals surface area contributed by atoms with Gasteiger partial charge < -0.3 is 14.2 Å². The van der Waals surface area contributed by atoms with E-state index in [1.165, 1.54) is 0 Å². The topological polar surface area (TPSA) is 59.1 Å². The van der Waals surface area contributed by atoms with Gasteiger partial charge in [-0.05, 0) is 48.6 Å². The Hall–Kier alpha value is -2.86. The molecule has 1 fully saturated rings. The Bertz CT molecular complexity index is 843. The van der Waals surface area contributed by atoms with Gasteiger partial charge in [-0.3, -0.25) is 0 Å². The van der Waals surface area contributed by atoms with E-state index in [4.69, 9.17) is 20.8 Å². The summed E-state index contributed by atoms with van der Waals surface area (Å²) in [4.78, 5) is 3.57. The number of benzene rings is 2. The lowest BCUT2D eigenvalue weighted by molar-refractivity contribution is 0.00821. The summed E-state index contributed by atoms with van der Waals surface area (Å²) in [5.41, 5.74) is 3.87. The van der Waals surface area contributed by atoms with Crippen LogP contribution in [0.2, 0.25) is 0 Å². The molecule has 2 aromatic rings. The maximum Gasteiger partial charge on any atom is 0.208 e. The zero-order valence-corrected chi connectivity index (χ0v) is 14.7. The summed E-state index contributed by atoms with van der Waals surface area (Å²) < 4.78 is 15.9. The molecule has 1 aliphatic heterocycles. The number of rotatable bonds is 8. The van der Waals surface area contributed by atoms with Gasteiger partial charge in [0, 0.05) is 0 Å². The van der Waals surface area contributed by atoms with Crippen molar-refractivity contribution in [3.8, 4) is 11.8 Å². The Kier molecular flexibility index (Phi) is 5.86. The van der Waals surface area contributed by atoms with Gasteiger partial charge in [0.1, 0.15) is 11.9 Å². The summed E-state index contributed by atoms with van der Waals surface area (Å²) in [7, 11) is 0. The molecule has 0 amide bonds. The van der Waals surface area contributed by atoms with Crippen molar-refractivity contribution in [2.45, 2.75) is 25.9 Å². The minimum atomic E-state index is 0.216. The Morgan fingerprint density at radius 1 is 1.23 bits per heavy atom. The second-order valence-electron chi connectivity index (χ2n) is 6.22. The van der Waals surface area contributed by atoms with Gasteiger partial charge in [0.2, 0.25) is 5.69 Å². The smallest absolute Gasteiger partial charge is 0.208 e. The van der Waals surface area contributed by atoms with Crippen LogP contribution in [-0.4, -0.2) is 26.1 Å². The normalized spacial score (nSPS) is 15.1. The lowest BCUT2D eigenvalue weighted by Gasteiger charge is -2.09. The van der Waals surface area contributed by atoms with Gasteiger partial charge in [-0.25, -0.2) is 4.85 Å². The van der Waals surface area contributed by atoms with E-state index in [0.717, 1.165) is 41.9 Å². The van der Waals surface area contributed by atoms with Crippen LogP contribution in [0.3, 0.4) is 0 Å². The monoisotopic (exact) mass is 348 g/mol. The van der Waals surface area contributed by atoms with Gasteiger partial charge in [-0.1, -0.05) is 24.3 Å². The second kappa shape index (κ2) is 8.49. The molecule has 132 valence electrons. The van der Waals surface area contributed by atoms with Crippen LogP contribution >= 0.6 is 0 Å². The molecule has 2 aromatic carbocycles. The molecule has 1 aliphatic rings. The molecular formula is C21H20N2O3. The highest BCUT2D eigenvalue weighted by molar-refractivity contribution is 5.66. The van der Waals surface area contributed by atoms with Crippen LogP contribution in [0.15, 0.2) is 36.4 Å². The van der Waals surface area contributed by atoms with Crippen LogP contribution < -0.4 is 4.74 Å². The minimum absolute atomic E-state index is 0.216. The van der Waals surface area contributed by atoms with Crippen LogP contribution in [0.5, 0.6) is 5.75 Å². The highest BCUT2D eigenvalue weighted by Gasteiger charge is 2.22. The van der Waals surface area contributed by atoms with Gasteiger partial charge >= 0.3 is 0 Å². The fraction of sp³-hybridized carbons (Fsp3) is 0.333. The first-order valence-electron chi connectivity index (χ1n) is 8.52. The number of nitrogens with zero attached hydrogens (tertiary/aromatic N) is 2. The predicted octanol–water partition coefficient (Wildman–Crippen LogP) is 3.95. The van der Waals surface area contributed by atoms with Crippen molar-refractivity contribution < 1.29 is 14.2 Å². The zero-order valence-electron chi connectivity index (χ0n) is 14.7. The molecule has 5 nitrogen and oxygen atoms in total. The first-order chi connectivity index (χ1) is 12.7. The predicted molar refractivity (Wildman–Crippen MR) is 97.2 cm³/mol. The molecule has 5 heteroatoms. The highest BCUT2D eigenvalue weighted by atomic mass is 16.7. The van der Waals surface area contributed by atoms with Crippen LogP contribution in [0.4, 0.5) is 5.69 Å². The van der Waals surface area contributed by atoms with Gasteiger partial charge in [-0.2, -0.15) is 5.26 Å². The Morgan fingerprint density at radius 2 is 2.00 bits per heavy atom. The van der Waals surface area contributed by atoms with Crippen LogP contribution in [0.1, 0.15) is 22.3 Å². The quantitative estimate of drug-likeness (QED) is 0.314. The summed E-state index contributed by atoms with van der Waals surface area (Å²) in [5.74, 6) is 0.759. The molecule has 1 atom stereocenters. The van der Waals surface area contributed by atoms with E-state index in [1.807, 2.05) is 43.3 Å². The van der Waals surface area contributed by atoms with Crippen LogP contribution in [0, 0.1) is 24.8 Å². The van der Waals surface area contributed by atoms with Crippen LogP contribution in [0.25, 0.3) is 4.85 Å². The molecular weight excluding hydrogens is 328 g/mol. The van der Waals surface area contributed by atoms with E-state index >= 15 is 0 Å². The Morgan fingerprint density at radius 3 is 2.65 bits per heavy atom. The first-order valence-corrected chi connectivity index (χ1v) is 8.52. The summed E-state index contributed by atoms with van der Waals surface area (Å²) in [6.45, 7) is 10.8. The van der Waals surface area contributed by atoms with E-state index in [-0.39, 0.29) is 12.9 Å². The van der Waals surface area contributed by atoms with E-state index < -0.39 is 0 Å². The van der Waals surface area contributed by atoms with Crippen molar-refractivity contribution in [3.63, 3.8) is 0 Å². The standard InChI is InChI=1S/C21H20N2O3/c1-15-3-7-17(21(23-2)20(15)11-22)8-4-16-5-9-18(10-6-16)26-14-24-12-19-13-25-19/h3,5-7,9-10,19H,4,8,12-14H2,1H3. The Balaban J connectivity index is 1.55. The van der Waals surface area contributed by atoms with Crippen molar-refractivity contribution in [3.05, 3.63) is 70.1 Å². The minimum Gasteiger partial charge on any atom is -0.468 e. The van der Waals surface area contributed by atoms with E-state index in [9.17, 15) is 5.26 Å². The number of hydrogen-bond acceptors (Lipinski definition) is 4. The number of nitriles is 1. The van der Waals surface area contributed by atoms with Gasteiger partial charge in [0.05, 0.1) is 31.4 Å². The Labute approximate surface area is 153 Å². The molecule has 0 aliphatic carbocycles. The molecule has 0 saturated carbocycles. The summed E-state index contributed by atoms with van der Waals surface area (Å²) in [6, 6.07) is 13.9. The molecule has 0 radical (unpaired) electrons. The second-order valence-corrected chi connectivity index (χ2v) is 6.22. The fourth-order valence-corrected chi connectivity index (χ4v) is 2.69. The molecule has 1 unspecified atom stereocenters. The SMILES string of the molecule is [C-]#[N+]c1c(CCc2ccc(OCOCC3CO3)cc2)ccc(C)c1C#N. The average molecular weight is 348 g/mol. The third-order valence-corrected chi connectivity index (χ3v) is 4.31. The molecule has 26 heavy (non-hydrogen) atoms. The highest BCUT2D eigenvalue weighted by Crippen LogP contribution is 2.28. The van der Waals surface area contributed by atoms with Gasteiger partial charge in [0.15, 0.2) is 6.79 Å². The molecule has 0 N–H and O–H groups in total. The van der Waals surface area contributed by atoms with Crippen molar-refractivity contribution in [2.75, 3.05) is 20.0 Å². The number of aryl methyl sites for hydroxylation is 3. The average Bonchev–Trinajstić information content (AvgIpc) is 3.49. The molecule has 0 aromatic heterocycles. The van der Waals surface area contributed by atoms with Crippen LogP contribution in [-0.2, 0) is 22.3 Å². The summed E-state index contributed by atoms with van der Waals surface area (Å²) >= 11 is 0. The largest absolute Gasteiger partial charge is 0.468 e. The lowest BCUT2D eigenvalue weighted by Crippen LogP contribution is -2.07. The fourth-order valence-electron chi connectivity index (χ4n) is 2.69. The maximum atomic E-state index is 9.27. The molecule has 1 saturated heterocycles. The number of hydrogen-bond donors (Lipinski definition) is 0. The van der Waals surface area contributed by atoms with Crippen molar-refractivity contribution in [2.24, 2.45) is 0 Å². The van der Waals surface area contributed by atoms with Gasteiger partial charge in [0.25, 0.3) is 0 Å². The molecule has 0 bridgehead atoms. The number of ether oxygens (including phenoxy) is 3. The zero-order chi connectivity index (χ0) is 18.4. The lowest BCUT2D eigenvalue weighted by atomic mass is 9.98. The van der Waals surface area contributed by atoms with E-state index in [1.54, 1.807) is 0 Å². The third-order valence-electron chi connectivity index (χ3n) is 4.31. The molecule has 3 rings (SSSR count). The van der Waals surface area contributed by atoms with Crippen molar-refractivity contribution >= 4 is 5.69 Å². The van der Waals surface area contributed by atoms with E-state index in [2.05, 4.69) is 10.9 Å². The first kappa shape index (κ1) is 17.9.